The third-order valence-corrected chi connectivity index (χ3v) is 6.01. The van der Waals surface area contributed by atoms with E-state index < -0.39 is 0 Å². The summed E-state index contributed by atoms with van der Waals surface area (Å²) < 4.78 is 0. The van der Waals surface area contributed by atoms with Crippen LogP contribution in [0.15, 0.2) is 36.9 Å². The molecule has 0 spiro atoms. The number of nitrogens with zero attached hydrogens (tertiary/aromatic N) is 3. The highest BCUT2D eigenvalue weighted by Crippen LogP contribution is 2.19. The zero-order chi connectivity index (χ0) is 21.1. The van der Waals surface area contributed by atoms with Crippen LogP contribution in [0.25, 0.3) is 0 Å². The number of rotatable bonds is 14. The summed E-state index contributed by atoms with van der Waals surface area (Å²) in [6.45, 7) is 21.8. The first-order chi connectivity index (χ1) is 13.9. The highest BCUT2D eigenvalue weighted by molar-refractivity contribution is 4.99. The highest BCUT2D eigenvalue weighted by atomic mass is 16.3. The van der Waals surface area contributed by atoms with Crippen LogP contribution in [0.4, 0.5) is 0 Å². The quantitative estimate of drug-likeness (QED) is 0.178. The molecule has 0 amide bonds. The Labute approximate surface area is 178 Å². The van der Waals surface area contributed by atoms with Gasteiger partial charge in [-0.1, -0.05) is 19.7 Å². The largest absolute Gasteiger partial charge is 0.513 e. The van der Waals surface area contributed by atoms with Crippen molar-refractivity contribution >= 4 is 0 Å². The van der Waals surface area contributed by atoms with Gasteiger partial charge in [-0.25, -0.2) is 0 Å². The fourth-order valence-electron chi connectivity index (χ4n) is 4.15. The van der Waals surface area contributed by atoms with Crippen molar-refractivity contribution in [2.75, 3.05) is 66.0 Å². The van der Waals surface area contributed by atoms with Crippen molar-refractivity contribution in [1.29, 1.82) is 0 Å². The second kappa shape index (κ2) is 12.9. The lowest BCUT2D eigenvalue weighted by Gasteiger charge is -2.36. The summed E-state index contributed by atoms with van der Waals surface area (Å²) in [6, 6.07) is 0.677. The number of aliphatic hydroxyl groups is 1. The number of allylic oxidation sites excluding steroid dienone is 2. The molecular weight excluding hydrogens is 365 g/mol. The van der Waals surface area contributed by atoms with Gasteiger partial charge in [0.15, 0.2) is 0 Å². The standard InChI is InChI=1S/C23H43N5O/c1-20(24-12-6-9-22(3)29)8-5-11-25-21(2)18-28-13-7-10-23(28)19-27-16-14-26(4)15-17-27/h23-25,29H,1-3,5-19H2,4H3/i14+1,16+1,26+1. The fraction of sp³-hybridized carbons (Fsp3) is 0.739. The zero-order valence-electron chi connectivity index (χ0n) is 18.6. The van der Waals surface area contributed by atoms with Gasteiger partial charge in [0.05, 0.1) is 5.76 Å². The number of piperazine rings is 1. The normalized spacial score (nSPS) is 21.2. The van der Waals surface area contributed by atoms with Gasteiger partial charge in [0.25, 0.3) is 0 Å². The maximum atomic E-state index is 9.08. The lowest BCUT2D eigenvalue weighted by atomic mass is 10.2. The summed E-state index contributed by atoms with van der Waals surface area (Å²) in [5.41, 5.74) is 2.20. The van der Waals surface area contributed by atoms with Crippen LogP contribution in [0, 0.1) is 0 Å². The molecule has 0 saturated carbocycles. The molecule has 6 heteroatoms. The summed E-state index contributed by atoms with van der Waals surface area (Å²) in [7, 11) is 2.22. The molecule has 0 bridgehead atoms. The molecule has 0 aromatic rings. The van der Waals surface area contributed by atoms with E-state index in [9.17, 15) is 0 Å². The molecule has 3 N–H and O–H groups in total. The van der Waals surface area contributed by atoms with Crippen molar-refractivity contribution in [2.24, 2.45) is 0 Å². The molecule has 1 atom stereocenters. The van der Waals surface area contributed by atoms with E-state index in [1.165, 1.54) is 52.1 Å². The minimum Gasteiger partial charge on any atom is -0.513 e. The first-order valence-electron chi connectivity index (χ1n) is 11.3. The van der Waals surface area contributed by atoms with Crippen molar-refractivity contribution in [3.05, 3.63) is 36.9 Å². The predicted molar refractivity (Wildman–Crippen MR) is 123 cm³/mol. The van der Waals surface area contributed by atoms with Gasteiger partial charge in [-0.2, -0.15) is 0 Å². The molecule has 2 fully saturated rings. The Morgan fingerprint density at radius 1 is 0.931 bits per heavy atom. The second-order valence-corrected chi connectivity index (χ2v) is 8.70. The van der Waals surface area contributed by atoms with Crippen molar-refractivity contribution in [3.8, 4) is 0 Å². The van der Waals surface area contributed by atoms with E-state index in [1.807, 2.05) is 0 Å². The van der Waals surface area contributed by atoms with Gasteiger partial charge in [0, 0.05) is 76.2 Å². The molecule has 29 heavy (non-hydrogen) atoms. The Morgan fingerprint density at radius 3 is 2.28 bits per heavy atom. The van der Waals surface area contributed by atoms with Crippen LogP contribution < -0.4 is 10.6 Å². The monoisotopic (exact) mass is 408 g/mol. The molecule has 166 valence electrons. The third-order valence-electron chi connectivity index (χ3n) is 6.01. The van der Waals surface area contributed by atoms with Crippen LogP contribution in [0.2, 0.25) is 0 Å². The Morgan fingerprint density at radius 2 is 1.59 bits per heavy atom. The third kappa shape index (κ3) is 9.70. The summed E-state index contributed by atoms with van der Waals surface area (Å²) >= 11 is 0. The molecule has 2 rings (SSSR count). The molecule has 0 radical (unpaired) electrons. The molecule has 2 heterocycles. The SMILES string of the molecule is C=C(O)CCCNC(=C)CCCNC(=C)CN1CCCC1CN1CC[15N](C)[13CH2][13CH2]1. The maximum absolute atomic E-state index is 9.08. The van der Waals surface area contributed by atoms with Gasteiger partial charge < -0.3 is 20.6 Å². The topological polar surface area (TPSA) is 54.0 Å². The van der Waals surface area contributed by atoms with Crippen LogP contribution in [0.3, 0.4) is 0 Å². The Kier molecular flexibility index (Phi) is 10.6. The van der Waals surface area contributed by atoms with E-state index in [-0.39, 0.29) is 5.76 Å². The van der Waals surface area contributed by atoms with Gasteiger partial charge in [-0.3, -0.25) is 9.80 Å². The number of nitrogens with one attached hydrogen (secondary N) is 2. The molecule has 0 aromatic heterocycles. The van der Waals surface area contributed by atoms with E-state index in [4.69, 9.17) is 5.11 Å². The Bertz CT molecular complexity index is 527. The summed E-state index contributed by atoms with van der Waals surface area (Å²) in [5, 5.41) is 15.9. The van der Waals surface area contributed by atoms with E-state index in [1.54, 1.807) is 0 Å². The molecule has 6 nitrogen and oxygen atoms in total. The first kappa shape index (κ1) is 23.8. The Hall–Kier alpha value is -1.50. The lowest BCUT2D eigenvalue weighted by Crippen LogP contribution is -2.49. The number of likely N-dealkylation sites (N-methyl/N-ethyl adjacent to an activating group) is 1. The molecule has 2 aliphatic heterocycles. The molecule has 2 saturated heterocycles. The number of hydrogen-bond acceptors (Lipinski definition) is 6. The average molecular weight is 409 g/mol. The van der Waals surface area contributed by atoms with Gasteiger partial charge in [0.2, 0.25) is 0 Å². The molecule has 1 unspecified atom stereocenters. The maximum Gasteiger partial charge on any atom is 0.0851 e. The van der Waals surface area contributed by atoms with Crippen LogP contribution >= 0.6 is 0 Å². The van der Waals surface area contributed by atoms with Gasteiger partial charge in [0.1, 0.15) is 0 Å². The van der Waals surface area contributed by atoms with Crippen molar-refractivity contribution in [1.82, 2.24) is 25.3 Å². The van der Waals surface area contributed by atoms with Gasteiger partial charge in [-0.05, 0) is 45.7 Å². The van der Waals surface area contributed by atoms with Crippen molar-refractivity contribution < 1.29 is 5.11 Å². The molecule has 0 aromatic carbocycles. The highest BCUT2D eigenvalue weighted by Gasteiger charge is 2.27. The van der Waals surface area contributed by atoms with Crippen LogP contribution in [-0.2, 0) is 0 Å². The van der Waals surface area contributed by atoms with E-state index in [0.717, 1.165) is 50.3 Å². The fourth-order valence-corrected chi connectivity index (χ4v) is 4.15. The molecular formula is C23H43N5O. The van der Waals surface area contributed by atoms with Crippen LogP contribution in [0.1, 0.15) is 38.5 Å². The van der Waals surface area contributed by atoms with E-state index in [2.05, 4.69) is 52.1 Å². The smallest absolute Gasteiger partial charge is 0.0851 e. The predicted octanol–water partition coefficient (Wildman–Crippen LogP) is 2.54. The molecule has 0 aliphatic carbocycles. The van der Waals surface area contributed by atoms with Gasteiger partial charge >= 0.3 is 0 Å². The molecule has 2 aliphatic rings. The van der Waals surface area contributed by atoms with E-state index >= 15 is 0 Å². The lowest BCUT2D eigenvalue weighted by molar-refractivity contribution is 0.119. The minimum absolute atomic E-state index is 0.254. The average Bonchev–Trinajstić information content (AvgIpc) is 3.10. The summed E-state index contributed by atoms with van der Waals surface area (Å²) in [4.78, 5) is 7.67. The summed E-state index contributed by atoms with van der Waals surface area (Å²) in [6.07, 6.45) is 6.15. The Balaban J connectivity index is 1.55. The first-order valence-corrected chi connectivity index (χ1v) is 11.3. The number of aliphatic hydroxyl groups excluding tert-OH is 1. The van der Waals surface area contributed by atoms with Crippen molar-refractivity contribution in [3.63, 3.8) is 0 Å². The number of likely N-dealkylation sites (tertiary alicyclic amines) is 1. The number of hydrogen-bond donors (Lipinski definition) is 3. The van der Waals surface area contributed by atoms with Gasteiger partial charge in [-0.15, -0.1) is 0 Å². The van der Waals surface area contributed by atoms with Crippen LogP contribution in [0.5, 0.6) is 0 Å². The van der Waals surface area contributed by atoms with E-state index in [0.29, 0.717) is 12.5 Å². The van der Waals surface area contributed by atoms with Crippen molar-refractivity contribution in [2.45, 2.75) is 44.6 Å². The van der Waals surface area contributed by atoms with Crippen LogP contribution in [-0.4, -0.2) is 91.8 Å². The zero-order valence-corrected chi connectivity index (χ0v) is 18.6. The second-order valence-electron chi connectivity index (χ2n) is 8.70. The summed E-state index contributed by atoms with van der Waals surface area (Å²) in [5.74, 6) is 0.254. The minimum atomic E-state index is 0.254.